The maximum absolute atomic E-state index is 11.0. The van der Waals surface area contributed by atoms with E-state index in [0.717, 1.165) is 17.4 Å². The Kier molecular flexibility index (Phi) is 4.82. The first kappa shape index (κ1) is 16.5. The minimum Gasteiger partial charge on any atom is -0.283 e. The molecule has 24 heavy (non-hydrogen) atoms. The Labute approximate surface area is 144 Å². The van der Waals surface area contributed by atoms with E-state index in [0.29, 0.717) is 6.67 Å². The second-order valence-electron chi connectivity index (χ2n) is 5.65. The number of nitro groups is 1. The number of thioether (sulfide) groups is 1. The molecular formula is C17H18N4O2S. The average molecular weight is 342 g/mol. The molecule has 0 atom stereocenters. The number of fused-ring (bicyclic) bond motifs is 1. The smallest absolute Gasteiger partial charge is 0.271 e. The van der Waals surface area contributed by atoms with Crippen LogP contribution in [0.4, 0.5) is 5.69 Å². The number of nitrogens with zero attached hydrogens (tertiary/aromatic N) is 4. The van der Waals surface area contributed by atoms with Gasteiger partial charge in [0.1, 0.15) is 0 Å². The molecule has 0 aliphatic rings. The highest BCUT2D eigenvalue weighted by molar-refractivity contribution is 7.98. The monoisotopic (exact) mass is 342 g/mol. The van der Waals surface area contributed by atoms with Crippen LogP contribution in [-0.2, 0) is 13.2 Å². The van der Waals surface area contributed by atoms with Crippen LogP contribution in [0.15, 0.2) is 53.6 Å². The maximum Gasteiger partial charge on any atom is 0.271 e. The molecule has 124 valence electrons. The zero-order valence-corrected chi connectivity index (χ0v) is 14.4. The molecular weight excluding hydrogens is 324 g/mol. The quantitative estimate of drug-likeness (QED) is 0.388. The van der Waals surface area contributed by atoms with Crippen molar-refractivity contribution in [1.82, 2.24) is 14.7 Å². The van der Waals surface area contributed by atoms with Crippen molar-refractivity contribution in [3.63, 3.8) is 0 Å². The van der Waals surface area contributed by atoms with Crippen LogP contribution in [0.5, 0.6) is 0 Å². The normalized spacial score (nSPS) is 11.3. The third kappa shape index (κ3) is 3.58. The molecule has 1 aromatic heterocycles. The minimum absolute atomic E-state index is 0.0829. The Morgan fingerprint density at radius 1 is 1.25 bits per heavy atom. The molecule has 0 spiro atoms. The summed E-state index contributed by atoms with van der Waals surface area (Å²) in [4.78, 5) is 13.9. The highest BCUT2D eigenvalue weighted by Gasteiger charge is 2.11. The van der Waals surface area contributed by atoms with Crippen molar-refractivity contribution in [3.05, 3.63) is 64.3 Å². The molecule has 7 heteroatoms. The average Bonchev–Trinajstić information content (AvgIpc) is 2.97. The molecule has 6 nitrogen and oxygen atoms in total. The van der Waals surface area contributed by atoms with Gasteiger partial charge < -0.3 is 0 Å². The topological polar surface area (TPSA) is 64.2 Å². The predicted molar refractivity (Wildman–Crippen MR) is 96.1 cm³/mol. The van der Waals surface area contributed by atoms with Gasteiger partial charge in [-0.3, -0.25) is 19.7 Å². The number of aromatic nitrogens is 2. The first-order valence-electron chi connectivity index (χ1n) is 7.48. The number of rotatable bonds is 6. The standard InChI is InChI=1S/C17H18N4O2S/c1-19(11-13-3-7-16(24-2)8-4-13)12-20-17-9-15(21(22)23)6-5-14(17)10-18-20/h3-10H,11-12H2,1-2H3. The number of nitro benzene ring substituents is 1. The number of hydrogen-bond acceptors (Lipinski definition) is 5. The van der Waals surface area contributed by atoms with Gasteiger partial charge >= 0.3 is 0 Å². The third-order valence-corrected chi connectivity index (χ3v) is 4.57. The molecule has 0 aliphatic heterocycles. The van der Waals surface area contributed by atoms with Crippen LogP contribution < -0.4 is 0 Å². The van der Waals surface area contributed by atoms with Crippen molar-refractivity contribution in [3.8, 4) is 0 Å². The van der Waals surface area contributed by atoms with Crippen molar-refractivity contribution in [2.24, 2.45) is 0 Å². The fourth-order valence-corrected chi connectivity index (χ4v) is 3.01. The van der Waals surface area contributed by atoms with Crippen LogP contribution >= 0.6 is 11.8 Å². The van der Waals surface area contributed by atoms with E-state index in [1.807, 2.05) is 7.05 Å². The molecule has 1 heterocycles. The summed E-state index contributed by atoms with van der Waals surface area (Å²) in [7, 11) is 2.01. The maximum atomic E-state index is 11.0. The lowest BCUT2D eigenvalue weighted by atomic mass is 10.2. The Hall–Kier alpha value is -2.38. The van der Waals surface area contributed by atoms with Gasteiger partial charge in [0.05, 0.1) is 23.3 Å². The van der Waals surface area contributed by atoms with Gasteiger partial charge in [-0.15, -0.1) is 11.8 Å². The van der Waals surface area contributed by atoms with Crippen LogP contribution in [0.3, 0.4) is 0 Å². The summed E-state index contributed by atoms with van der Waals surface area (Å²) in [6.45, 7) is 1.35. The lowest BCUT2D eigenvalue weighted by Gasteiger charge is -2.17. The van der Waals surface area contributed by atoms with Crippen LogP contribution in [-0.4, -0.2) is 32.9 Å². The summed E-state index contributed by atoms with van der Waals surface area (Å²) in [6, 6.07) is 13.3. The van der Waals surface area contributed by atoms with Gasteiger partial charge in [-0.05, 0) is 37.1 Å². The molecule has 0 unspecified atom stereocenters. The SMILES string of the molecule is CSc1ccc(CN(C)Cn2ncc3ccc([N+](=O)[O-])cc32)cc1. The van der Waals surface area contributed by atoms with Gasteiger partial charge in [-0.25, -0.2) is 0 Å². The van der Waals surface area contributed by atoms with Gasteiger partial charge in [-0.2, -0.15) is 5.10 Å². The highest BCUT2D eigenvalue weighted by Crippen LogP contribution is 2.21. The molecule has 0 fully saturated rings. The summed E-state index contributed by atoms with van der Waals surface area (Å²) in [5, 5.41) is 16.2. The summed E-state index contributed by atoms with van der Waals surface area (Å²) in [6.07, 6.45) is 3.79. The van der Waals surface area contributed by atoms with E-state index < -0.39 is 0 Å². The molecule has 3 rings (SSSR count). The second kappa shape index (κ2) is 7.02. The van der Waals surface area contributed by atoms with Crippen molar-refractivity contribution in [1.29, 1.82) is 0 Å². The molecule has 0 aliphatic carbocycles. The summed E-state index contributed by atoms with van der Waals surface area (Å²) in [5.41, 5.74) is 2.08. The van der Waals surface area contributed by atoms with E-state index in [-0.39, 0.29) is 10.6 Å². The van der Waals surface area contributed by atoms with E-state index in [9.17, 15) is 10.1 Å². The van der Waals surface area contributed by atoms with E-state index in [1.165, 1.54) is 16.5 Å². The zero-order valence-electron chi connectivity index (χ0n) is 13.5. The largest absolute Gasteiger partial charge is 0.283 e. The van der Waals surface area contributed by atoms with Crippen LogP contribution in [0.25, 0.3) is 10.9 Å². The predicted octanol–water partition coefficient (Wildman–Crippen LogP) is 3.76. The van der Waals surface area contributed by atoms with Crippen molar-refractivity contribution in [2.75, 3.05) is 13.3 Å². The Morgan fingerprint density at radius 3 is 2.67 bits per heavy atom. The molecule has 0 amide bonds. The fourth-order valence-electron chi connectivity index (χ4n) is 2.61. The first-order valence-corrected chi connectivity index (χ1v) is 8.71. The second-order valence-corrected chi connectivity index (χ2v) is 6.53. The van der Waals surface area contributed by atoms with Gasteiger partial charge in [0, 0.05) is 29.0 Å². The van der Waals surface area contributed by atoms with Crippen molar-refractivity contribution < 1.29 is 4.92 Å². The summed E-state index contributed by atoms with van der Waals surface area (Å²) < 4.78 is 1.79. The Balaban J connectivity index is 1.75. The Morgan fingerprint density at radius 2 is 2.00 bits per heavy atom. The van der Waals surface area contributed by atoms with E-state index in [1.54, 1.807) is 34.8 Å². The lowest BCUT2D eigenvalue weighted by molar-refractivity contribution is -0.384. The van der Waals surface area contributed by atoms with Crippen molar-refractivity contribution >= 4 is 28.4 Å². The summed E-state index contributed by atoms with van der Waals surface area (Å²) >= 11 is 1.72. The molecule has 2 aromatic carbocycles. The van der Waals surface area contributed by atoms with Gasteiger partial charge in [0.25, 0.3) is 5.69 Å². The lowest BCUT2D eigenvalue weighted by Crippen LogP contribution is -2.22. The summed E-state index contributed by atoms with van der Waals surface area (Å²) in [5.74, 6) is 0. The third-order valence-electron chi connectivity index (χ3n) is 3.83. The first-order chi connectivity index (χ1) is 11.6. The van der Waals surface area contributed by atoms with Gasteiger partial charge in [0.15, 0.2) is 0 Å². The van der Waals surface area contributed by atoms with Crippen LogP contribution in [0.2, 0.25) is 0 Å². The fraction of sp³-hybridized carbons (Fsp3) is 0.235. The Bertz CT molecular complexity index is 861. The number of non-ortho nitro benzene ring substituents is 1. The highest BCUT2D eigenvalue weighted by atomic mass is 32.2. The van der Waals surface area contributed by atoms with E-state index in [2.05, 4.69) is 40.5 Å². The molecule has 3 aromatic rings. The molecule has 0 radical (unpaired) electrons. The minimum atomic E-state index is -0.381. The number of hydrogen-bond donors (Lipinski definition) is 0. The van der Waals surface area contributed by atoms with Gasteiger partial charge in [0.2, 0.25) is 0 Å². The number of benzene rings is 2. The van der Waals surface area contributed by atoms with E-state index >= 15 is 0 Å². The zero-order chi connectivity index (χ0) is 17.1. The molecule has 0 N–H and O–H groups in total. The van der Waals surface area contributed by atoms with Crippen molar-refractivity contribution in [2.45, 2.75) is 18.1 Å². The van der Waals surface area contributed by atoms with Gasteiger partial charge in [-0.1, -0.05) is 12.1 Å². The van der Waals surface area contributed by atoms with Crippen LogP contribution in [0, 0.1) is 10.1 Å². The molecule has 0 saturated heterocycles. The molecule has 0 saturated carbocycles. The van der Waals surface area contributed by atoms with E-state index in [4.69, 9.17) is 0 Å². The molecule has 0 bridgehead atoms. The van der Waals surface area contributed by atoms with Crippen LogP contribution in [0.1, 0.15) is 5.56 Å².